The Bertz CT molecular complexity index is 1530. The lowest BCUT2D eigenvalue weighted by molar-refractivity contribution is -0.142. The van der Waals surface area contributed by atoms with Gasteiger partial charge in [0.1, 0.15) is 18.1 Å². The number of anilines is 1. The molecule has 0 saturated carbocycles. The molecule has 254 valence electrons. The van der Waals surface area contributed by atoms with Crippen LogP contribution in [0.3, 0.4) is 0 Å². The summed E-state index contributed by atoms with van der Waals surface area (Å²) in [6.45, 7) is 5.76. The molecule has 0 radical (unpaired) electrons. The van der Waals surface area contributed by atoms with Crippen LogP contribution in [0.4, 0.5) is 5.69 Å². The molecule has 4 amide bonds. The largest absolute Gasteiger partial charge is 0.480 e. The van der Waals surface area contributed by atoms with E-state index in [4.69, 9.17) is 0 Å². The number of hydrogen-bond donors (Lipinski definition) is 7. The zero-order chi connectivity index (χ0) is 34.8. The minimum Gasteiger partial charge on any atom is -0.480 e. The van der Waals surface area contributed by atoms with Crippen molar-refractivity contribution in [2.45, 2.75) is 57.1 Å². The van der Waals surface area contributed by atoms with Gasteiger partial charge in [-0.25, -0.2) is 17.9 Å². The van der Waals surface area contributed by atoms with Gasteiger partial charge in [-0.05, 0) is 30.4 Å². The molecule has 2 rings (SSSR count). The maximum absolute atomic E-state index is 13.2. The third-order valence-electron chi connectivity index (χ3n) is 6.90. The summed E-state index contributed by atoms with van der Waals surface area (Å²) in [5.74, 6) is -4.74. The van der Waals surface area contributed by atoms with Crippen LogP contribution in [0.1, 0.15) is 34.1 Å². The van der Waals surface area contributed by atoms with Crippen molar-refractivity contribution in [1.29, 1.82) is 0 Å². The molecule has 0 heterocycles. The van der Waals surface area contributed by atoms with E-state index in [1.807, 2.05) is 38.9 Å². The van der Waals surface area contributed by atoms with E-state index < -0.39 is 76.8 Å². The Morgan fingerprint density at radius 1 is 0.826 bits per heavy atom. The number of rotatable bonds is 17. The number of amides is 4. The summed E-state index contributed by atoms with van der Waals surface area (Å²) >= 11 is 4.12. The second kappa shape index (κ2) is 17.1. The number of benzene rings is 2. The molecule has 0 spiro atoms. The highest BCUT2D eigenvalue weighted by molar-refractivity contribution is 7.89. The second-order valence-electron chi connectivity index (χ2n) is 11.7. The third-order valence-corrected chi connectivity index (χ3v) is 8.72. The number of carboxylic acids is 1. The summed E-state index contributed by atoms with van der Waals surface area (Å²) in [5, 5.41) is 20.2. The number of hydrogen-bond acceptors (Lipinski definition) is 9. The minimum atomic E-state index is -4.13. The Balaban J connectivity index is 2.01. The van der Waals surface area contributed by atoms with Gasteiger partial charge in [-0.3, -0.25) is 19.2 Å². The van der Waals surface area contributed by atoms with Crippen LogP contribution in [0, 0.1) is 11.8 Å². The molecule has 0 aliphatic heterocycles. The normalized spacial score (nSPS) is 13.5. The standard InChI is InChI=1S/C30H44N6O8S2/c1-17(2)13-21(30(41)42)33-25(37)14-31-29(40)27(18(3)4)35-28(39)22(16-45)34-26(38)15-32-46(43,44)24-12-8-9-19-20(24)10-7-11-23(19)36(5)6/h7-12,17-18,21-22,27,32,45H,13-16H2,1-6H3,(H,31,40)(H,33,37)(H,34,38)(H,35,39)(H,41,42)/t21-,22-,27-/m0/s1. The van der Waals surface area contributed by atoms with Crippen LogP contribution in [0.25, 0.3) is 10.8 Å². The molecule has 6 N–H and O–H groups in total. The van der Waals surface area contributed by atoms with Gasteiger partial charge in [0, 0.05) is 36.3 Å². The Kier molecular flexibility index (Phi) is 14.3. The number of nitrogens with one attached hydrogen (secondary N) is 5. The van der Waals surface area contributed by atoms with E-state index in [0.717, 1.165) is 5.69 Å². The van der Waals surface area contributed by atoms with Gasteiger partial charge in [0.25, 0.3) is 0 Å². The first-order valence-corrected chi connectivity index (χ1v) is 16.8. The first-order valence-electron chi connectivity index (χ1n) is 14.7. The molecular formula is C30H44N6O8S2. The summed E-state index contributed by atoms with van der Waals surface area (Å²) < 4.78 is 28.6. The molecule has 0 saturated heterocycles. The van der Waals surface area contributed by atoms with E-state index in [0.29, 0.717) is 10.8 Å². The van der Waals surface area contributed by atoms with Crippen LogP contribution in [0.15, 0.2) is 41.3 Å². The number of carboxylic acid groups (broad SMARTS) is 1. The number of thiol groups is 1. The maximum atomic E-state index is 13.2. The fourth-order valence-electron chi connectivity index (χ4n) is 4.57. The summed E-state index contributed by atoms with van der Waals surface area (Å²) in [6, 6.07) is 6.67. The molecule has 2 aromatic rings. The van der Waals surface area contributed by atoms with Crippen LogP contribution >= 0.6 is 12.6 Å². The molecule has 2 aromatic carbocycles. The first-order chi connectivity index (χ1) is 21.5. The molecule has 0 aliphatic carbocycles. The van der Waals surface area contributed by atoms with Gasteiger partial charge in [0.05, 0.1) is 18.0 Å². The van der Waals surface area contributed by atoms with Gasteiger partial charge in [-0.15, -0.1) is 0 Å². The molecule has 16 heteroatoms. The van der Waals surface area contributed by atoms with Crippen molar-refractivity contribution in [3.8, 4) is 0 Å². The molecule has 46 heavy (non-hydrogen) atoms. The van der Waals surface area contributed by atoms with E-state index in [-0.39, 0.29) is 23.0 Å². The van der Waals surface area contributed by atoms with Crippen molar-refractivity contribution in [3.05, 3.63) is 36.4 Å². The summed E-state index contributed by atoms with van der Waals surface area (Å²) in [7, 11) is -0.444. The highest BCUT2D eigenvalue weighted by Gasteiger charge is 2.29. The molecule has 0 bridgehead atoms. The van der Waals surface area contributed by atoms with Gasteiger partial charge in [-0.2, -0.15) is 12.6 Å². The van der Waals surface area contributed by atoms with Gasteiger partial charge in [0.15, 0.2) is 0 Å². The van der Waals surface area contributed by atoms with Crippen molar-refractivity contribution >= 4 is 68.7 Å². The van der Waals surface area contributed by atoms with Crippen LogP contribution < -0.4 is 30.9 Å². The average Bonchev–Trinajstić information content (AvgIpc) is 2.98. The quantitative estimate of drug-likeness (QED) is 0.116. The summed E-state index contributed by atoms with van der Waals surface area (Å²) in [4.78, 5) is 64.1. The monoisotopic (exact) mass is 680 g/mol. The topological polar surface area (TPSA) is 203 Å². The average molecular weight is 681 g/mol. The van der Waals surface area contributed by atoms with E-state index in [2.05, 4.69) is 38.6 Å². The van der Waals surface area contributed by atoms with Crippen molar-refractivity contribution in [3.63, 3.8) is 0 Å². The predicted molar refractivity (Wildman–Crippen MR) is 178 cm³/mol. The lowest BCUT2D eigenvalue weighted by Gasteiger charge is -2.25. The van der Waals surface area contributed by atoms with Crippen LogP contribution in [0.2, 0.25) is 0 Å². The minimum absolute atomic E-state index is 0.0112. The van der Waals surface area contributed by atoms with Crippen molar-refractivity contribution in [1.82, 2.24) is 26.0 Å². The lowest BCUT2D eigenvalue weighted by Crippen LogP contribution is -2.57. The highest BCUT2D eigenvalue weighted by atomic mass is 32.2. The summed E-state index contributed by atoms with van der Waals surface area (Å²) in [6.07, 6.45) is 0.207. The Morgan fingerprint density at radius 3 is 1.98 bits per heavy atom. The molecule has 0 aromatic heterocycles. The number of aliphatic carboxylic acids is 1. The Morgan fingerprint density at radius 2 is 1.41 bits per heavy atom. The molecule has 0 aliphatic rings. The Hall–Kier alpha value is -3.89. The molecular weight excluding hydrogens is 636 g/mol. The van der Waals surface area contributed by atoms with E-state index >= 15 is 0 Å². The zero-order valence-corrected chi connectivity index (χ0v) is 28.5. The lowest BCUT2D eigenvalue weighted by atomic mass is 10.0. The third kappa shape index (κ3) is 10.9. The van der Waals surface area contributed by atoms with Gasteiger partial charge in [-0.1, -0.05) is 52.0 Å². The van der Waals surface area contributed by atoms with Gasteiger partial charge in [0.2, 0.25) is 33.7 Å². The number of sulfonamides is 1. The number of carbonyl (C=O) groups is 5. The summed E-state index contributed by atoms with van der Waals surface area (Å²) in [5.41, 5.74) is 0.819. The molecule has 3 atom stereocenters. The van der Waals surface area contributed by atoms with E-state index in [9.17, 15) is 37.5 Å². The smallest absolute Gasteiger partial charge is 0.326 e. The van der Waals surface area contributed by atoms with Crippen LogP contribution in [-0.2, 0) is 34.0 Å². The van der Waals surface area contributed by atoms with E-state index in [1.54, 1.807) is 38.1 Å². The predicted octanol–water partition coefficient (Wildman–Crippen LogP) is 0.471. The molecule has 0 unspecified atom stereocenters. The number of carbonyl (C=O) groups excluding carboxylic acids is 4. The Labute approximate surface area is 274 Å². The van der Waals surface area contributed by atoms with Gasteiger partial charge < -0.3 is 31.3 Å². The molecule has 14 nitrogen and oxygen atoms in total. The number of fused-ring (bicyclic) bond motifs is 1. The zero-order valence-electron chi connectivity index (χ0n) is 26.8. The SMILES string of the molecule is CC(C)C[C@H](NC(=O)CNC(=O)[C@@H](NC(=O)[C@H](CS)NC(=O)CNS(=O)(=O)c1cccc2c(N(C)C)cccc12)C(C)C)C(=O)O. The van der Waals surface area contributed by atoms with Crippen molar-refractivity contribution < 1.29 is 37.5 Å². The fourth-order valence-corrected chi connectivity index (χ4v) is 6.03. The van der Waals surface area contributed by atoms with Gasteiger partial charge >= 0.3 is 5.97 Å². The first kappa shape index (κ1) is 38.3. The number of nitrogens with zero attached hydrogens (tertiary/aromatic N) is 1. The second-order valence-corrected chi connectivity index (χ2v) is 13.8. The highest BCUT2D eigenvalue weighted by Crippen LogP contribution is 2.30. The molecule has 0 fully saturated rings. The van der Waals surface area contributed by atoms with Crippen molar-refractivity contribution in [2.75, 3.05) is 37.8 Å². The van der Waals surface area contributed by atoms with Crippen LogP contribution in [-0.4, -0.2) is 94.2 Å². The van der Waals surface area contributed by atoms with E-state index in [1.165, 1.54) is 6.07 Å². The van der Waals surface area contributed by atoms with Crippen LogP contribution in [0.5, 0.6) is 0 Å². The maximum Gasteiger partial charge on any atom is 0.326 e. The fraction of sp³-hybridized carbons (Fsp3) is 0.500. The van der Waals surface area contributed by atoms with Crippen molar-refractivity contribution in [2.24, 2.45) is 11.8 Å².